The van der Waals surface area contributed by atoms with Gasteiger partial charge in [-0.25, -0.2) is 4.79 Å². The van der Waals surface area contributed by atoms with Crippen LogP contribution in [0.2, 0.25) is 0 Å². The minimum atomic E-state index is -0.257. The van der Waals surface area contributed by atoms with Crippen LogP contribution in [0.25, 0.3) is 20.5 Å². The lowest BCUT2D eigenvalue weighted by molar-refractivity contribution is 0.251. The quantitative estimate of drug-likeness (QED) is 0.495. The second-order valence-corrected chi connectivity index (χ2v) is 7.92. The minimum absolute atomic E-state index is 0.257. The summed E-state index contributed by atoms with van der Waals surface area (Å²) < 4.78 is 1.25. The van der Waals surface area contributed by atoms with Gasteiger partial charge in [0.1, 0.15) is 0 Å². The Morgan fingerprint density at radius 3 is 2.83 bits per heavy atom. The molecule has 0 saturated carbocycles. The number of fused-ring (bicyclic) bond motifs is 2. The van der Waals surface area contributed by atoms with E-state index in [1.54, 1.807) is 17.5 Å². The third kappa shape index (κ3) is 3.62. The lowest BCUT2D eigenvalue weighted by atomic mass is 10.0. The summed E-state index contributed by atoms with van der Waals surface area (Å²) in [5.41, 5.74) is 4.95. The molecule has 3 heterocycles. The van der Waals surface area contributed by atoms with Crippen molar-refractivity contribution in [3.63, 3.8) is 0 Å². The van der Waals surface area contributed by atoms with Crippen LogP contribution in [0.1, 0.15) is 16.8 Å². The first-order valence-electron chi connectivity index (χ1n) is 9.37. The van der Waals surface area contributed by atoms with Gasteiger partial charge >= 0.3 is 6.03 Å². The van der Waals surface area contributed by atoms with Crippen molar-refractivity contribution in [3.05, 3.63) is 83.7 Å². The molecule has 5 rings (SSSR count). The second-order valence-electron chi connectivity index (χ2n) is 6.84. The molecule has 0 radical (unpaired) electrons. The maximum Gasteiger partial charge on any atom is 0.319 e. The summed E-state index contributed by atoms with van der Waals surface area (Å²) >= 11 is 1.76. The van der Waals surface area contributed by atoms with E-state index in [1.807, 2.05) is 36.5 Å². The number of nitrogens with zero attached hydrogens (tertiary/aromatic N) is 2. The summed E-state index contributed by atoms with van der Waals surface area (Å²) in [6.45, 7) is 1.05. The Balaban J connectivity index is 1.41. The molecule has 0 bridgehead atoms. The van der Waals surface area contributed by atoms with E-state index in [4.69, 9.17) is 0 Å². The van der Waals surface area contributed by atoms with Crippen LogP contribution in [-0.4, -0.2) is 17.2 Å². The topological polar surface area (TPSA) is 66.4 Å². The third-order valence-corrected chi connectivity index (χ3v) is 6.02. The zero-order valence-electron chi connectivity index (χ0n) is 15.6. The van der Waals surface area contributed by atoms with Gasteiger partial charge in [-0.1, -0.05) is 24.3 Å². The molecule has 2 amide bonds. The molecule has 142 valence electrons. The summed E-state index contributed by atoms with van der Waals surface area (Å²) in [4.78, 5) is 22.2. The predicted octanol–water partition coefficient (Wildman–Crippen LogP) is 5.22. The van der Waals surface area contributed by atoms with Gasteiger partial charge in [0.2, 0.25) is 0 Å². The molecular formula is C23H18N4OS. The van der Waals surface area contributed by atoms with Crippen LogP contribution in [0.15, 0.2) is 71.9 Å². The van der Waals surface area contributed by atoms with Gasteiger partial charge in [0.15, 0.2) is 0 Å². The first-order valence-corrected chi connectivity index (χ1v) is 10.2. The number of carbonyl (C=O) groups is 1. The second kappa shape index (κ2) is 7.48. The number of nitrogens with one attached hydrogen (secondary N) is 2. The Kier molecular flexibility index (Phi) is 4.54. The maximum atomic E-state index is 12.4. The minimum Gasteiger partial charge on any atom is -0.332 e. The van der Waals surface area contributed by atoms with E-state index in [1.165, 1.54) is 20.5 Å². The standard InChI is InChI=1S/C23H18N4OS/c28-23(26-13-17-6-3-4-8-25-17)27-18-9-16-12-24-14-20(16)19(11-18)22-10-15-5-1-2-7-21(15)29-22/h1-12H,13-14H2,(H2,26,27,28). The van der Waals surface area contributed by atoms with Crippen LogP contribution in [0.5, 0.6) is 0 Å². The van der Waals surface area contributed by atoms with E-state index >= 15 is 0 Å². The summed E-state index contributed by atoms with van der Waals surface area (Å²) in [6.07, 6.45) is 3.59. The van der Waals surface area contributed by atoms with Crippen LogP contribution < -0.4 is 10.6 Å². The molecule has 0 aliphatic carbocycles. The number of aliphatic imine (C=N–C) groups is 1. The number of benzene rings is 2. The number of hydrogen-bond acceptors (Lipinski definition) is 4. The average Bonchev–Trinajstić information content (AvgIpc) is 3.39. The van der Waals surface area contributed by atoms with Crippen molar-refractivity contribution in [1.82, 2.24) is 10.3 Å². The number of urea groups is 1. The molecule has 1 aliphatic heterocycles. The molecule has 29 heavy (non-hydrogen) atoms. The summed E-state index contributed by atoms with van der Waals surface area (Å²) in [5, 5.41) is 7.03. The Hall–Kier alpha value is -3.51. The van der Waals surface area contributed by atoms with Crippen LogP contribution >= 0.6 is 11.3 Å². The van der Waals surface area contributed by atoms with Gasteiger partial charge in [-0.15, -0.1) is 11.3 Å². The Morgan fingerprint density at radius 2 is 1.97 bits per heavy atom. The van der Waals surface area contributed by atoms with Crippen LogP contribution in [0, 0.1) is 0 Å². The van der Waals surface area contributed by atoms with Gasteiger partial charge in [0.25, 0.3) is 0 Å². The molecule has 0 atom stereocenters. The third-order valence-electron chi connectivity index (χ3n) is 4.87. The molecule has 0 unspecified atom stereocenters. The fourth-order valence-corrected chi connectivity index (χ4v) is 4.58. The zero-order valence-corrected chi connectivity index (χ0v) is 16.4. The molecule has 2 aromatic heterocycles. The fraction of sp³-hybridized carbons (Fsp3) is 0.0870. The van der Waals surface area contributed by atoms with Gasteiger partial charge in [-0.05, 0) is 52.9 Å². The van der Waals surface area contributed by atoms with Crippen LogP contribution in [-0.2, 0) is 13.1 Å². The molecule has 0 fully saturated rings. The molecule has 2 N–H and O–H groups in total. The lowest BCUT2D eigenvalue weighted by Crippen LogP contribution is -2.28. The van der Waals surface area contributed by atoms with E-state index in [0.29, 0.717) is 13.1 Å². The highest BCUT2D eigenvalue weighted by Crippen LogP contribution is 2.38. The Labute approximate surface area is 172 Å². The van der Waals surface area contributed by atoms with E-state index in [-0.39, 0.29) is 6.03 Å². The number of aromatic nitrogens is 1. The number of thiophene rings is 1. The first kappa shape index (κ1) is 17.6. The van der Waals surface area contributed by atoms with Crippen molar-refractivity contribution >= 4 is 39.4 Å². The number of carbonyl (C=O) groups excluding carboxylic acids is 1. The van der Waals surface area contributed by atoms with Crippen molar-refractivity contribution in [2.24, 2.45) is 4.99 Å². The van der Waals surface area contributed by atoms with E-state index < -0.39 is 0 Å². The number of amides is 2. The molecule has 6 heteroatoms. The molecule has 2 aromatic carbocycles. The van der Waals surface area contributed by atoms with Gasteiger partial charge in [0, 0.05) is 33.2 Å². The highest BCUT2D eigenvalue weighted by atomic mass is 32.1. The number of rotatable bonds is 4. The lowest BCUT2D eigenvalue weighted by Gasteiger charge is -2.12. The SMILES string of the molecule is O=C(NCc1ccccn1)Nc1cc2c(c(-c3cc4ccccc4s3)c1)CN=C2. The highest BCUT2D eigenvalue weighted by Gasteiger charge is 2.17. The van der Waals surface area contributed by atoms with Crippen molar-refractivity contribution in [1.29, 1.82) is 0 Å². The number of pyridine rings is 1. The summed E-state index contributed by atoms with van der Waals surface area (Å²) in [7, 11) is 0. The average molecular weight is 398 g/mol. The normalized spacial score (nSPS) is 12.1. The summed E-state index contributed by atoms with van der Waals surface area (Å²) in [5.74, 6) is 0. The maximum absolute atomic E-state index is 12.4. The largest absolute Gasteiger partial charge is 0.332 e. The van der Waals surface area contributed by atoms with E-state index in [2.05, 4.69) is 50.9 Å². The zero-order chi connectivity index (χ0) is 19.6. The van der Waals surface area contributed by atoms with Crippen molar-refractivity contribution in [2.75, 3.05) is 5.32 Å². The van der Waals surface area contributed by atoms with Gasteiger partial charge < -0.3 is 10.6 Å². The van der Waals surface area contributed by atoms with Gasteiger partial charge in [0.05, 0.1) is 18.8 Å². The molecule has 1 aliphatic rings. The van der Waals surface area contributed by atoms with Crippen molar-refractivity contribution in [2.45, 2.75) is 13.1 Å². The molecule has 0 saturated heterocycles. The van der Waals surface area contributed by atoms with E-state index in [0.717, 1.165) is 22.5 Å². The smallest absolute Gasteiger partial charge is 0.319 e. The van der Waals surface area contributed by atoms with Gasteiger partial charge in [-0.2, -0.15) is 0 Å². The molecule has 4 aromatic rings. The predicted molar refractivity (Wildman–Crippen MR) is 119 cm³/mol. The van der Waals surface area contributed by atoms with E-state index in [9.17, 15) is 4.79 Å². The molecule has 0 spiro atoms. The molecular weight excluding hydrogens is 380 g/mol. The summed E-state index contributed by atoms with van der Waals surface area (Å²) in [6, 6.07) is 20.0. The molecule has 5 nitrogen and oxygen atoms in total. The highest BCUT2D eigenvalue weighted by molar-refractivity contribution is 7.22. The fourth-order valence-electron chi connectivity index (χ4n) is 3.48. The Bertz CT molecular complexity index is 1200. The van der Waals surface area contributed by atoms with Crippen molar-refractivity contribution in [3.8, 4) is 10.4 Å². The van der Waals surface area contributed by atoms with Crippen LogP contribution in [0.4, 0.5) is 10.5 Å². The van der Waals surface area contributed by atoms with Crippen LogP contribution in [0.3, 0.4) is 0 Å². The first-order chi connectivity index (χ1) is 14.3. The number of hydrogen-bond donors (Lipinski definition) is 2. The Morgan fingerprint density at radius 1 is 1.07 bits per heavy atom. The monoisotopic (exact) mass is 398 g/mol. The van der Waals surface area contributed by atoms with Gasteiger partial charge in [-0.3, -0.25) is 9.98 Å². The van der Waals surface area contributed by atoms with Crippen molar-refractivity contribution < 1.29 is 4.79 Å². The number of anilines is 1.